The molecular weight excluding hydrogens is 302 g/mol. The predicted octanol–water partition coefficient (Wildman–Crippen LogP) is 3.01. The average molecular weight is 325 g/mol. The van der Waals surface area contributed by atoms with E-state index in [1.54, 1.807) is 7.05 Å². The van der Waals surface area contributed by atoms with Crippen molar-refractivity contribution in [1.29, 1.82) is 0 Å². The number of nitrogens with zero attached hydrogens (tertiary/aromatic N) is 1. The van der Waals surface area contributed by atoms with E-state index in [0.717, 1.165) is 48.5 Å². The first-order valence-electron chi connectivity index (χ1n) is 8.32. The zero-order chi connectivity index (χ0) is 16.9. The SMILES string of the molecule is CNC(=O)c1ccc(-c2ccc(NC[C@H]3CCCO3)nc2)cc1C. The normalized spacial score (nSPS) is 16.8. The molecule has 1 aliphatic heterocycles. The predicted molar refractivity (Wildman–Crippen MR) is 95.3 cm³/mol. The van der Waals surface area contributed by atoms with Crippen LogP contribution in [0, 0.1) is 6.92 Å². The van der Waals surface area contributed by atoms with Gasteiger partial charge >= 0.3 is 0 Å². The fraction of sp³-hybridized carbons (Fsp3) is 0.368. The highest BCUT2D eigenvalue weighted by atomic mass is 16.5. The monoisotopic (exact) mass is 325 g/mol. The molecule has 126 valence electrons. The molecule has 0 radical (unpaired) electrons. The number of anilines is 1. The second-order valence-electron chi connectivity index (χ2n) is 6.06. The summed E-state index contributed by atoms with van der Waals surface area (Å²) in [6.07, 6.45) is 4.41. The van der Waals surface area contributed by atoms with Gasteiger partial charge in [0, 0.05) is 37.5 Å². The van der Waals surface area contributed by atoms with Crippen molar-refractivity contribution >= 4 is 11.7 Å². The van der Waals surface area contributed by atoms with E-state index in [0.29, 0.717) is 11.7 Å². The van der Waals surface area contributed by atoms with Crippen LogP contribution in [0.1, 0.15) is 28.8 Å². The molecule has 2 heterocycles. The molecule has 2 aromatic rings. The summed E-state index contributed by atoms with van der Waals surface area (Å²) in [7, 11) is 1.64. The molecule has 1 atom stereocenters. The van der Waals surface area contributed by atoms with Crippen molar-refractivity contribution in [3.8, 4) is 11.1 Å². The minimum Gasteiger partial charge on any atom is -0.376 e. The van der Waals surface area contributed by atoms with Gasteiger partial charge in [-0.1, -0.05) is 12.1 Å². The standard InChI is InChI=1S/C19H23N3O2/c1-13-10-14(5-7-17(13)19(23)20-2)15-6-8-18(21-11-15)22-12-16-4-3-9-24-16/h5-8,10-11,16H,3-4,9,12H2,1-2H3,(H,20,23)(H,21,22)/t16-/m1/s1. The van der Waals surface area contributed by atoms with Crippen LogP contribution in [0.4, 0.5) is 5.82 Å². The third-order valence-corrected chi connectivity index (χ3v) is 4.33. The van der Waals surface area contributed by atoms with E-state index in [1.807, 2.05) is 43.5 Å². The molecule has 1 saturated heterocycles. The van der Waals surface area contributed by atoms with E-state index in [-0.39, 0.29) is 5.91 Å². The molecule has 24 heavy (non-hydrogen) atoms. The van der Waals surface area contributed by atoms with Gasteiger partial charge < -0.3 is 15.4 Å². The molecule has 3 rings (SSSR count). The van der Waals surface area contributed by atoms with Gasteiger partial charge in [-0.2, -0.15) is 0 Å². The fourth-order valence-corrected chi connectivity index (χ4v) is 2.93. The molecule has 0 bridgehead atoms. The number of amides is 1. The van der Waals surface area contributed by atoms with E-state index in [9.17, 15) is 4.79 Å². The van der Waals surface area contributed by atoms with Crippen LogP contribution in [0.5, 0.6) is 0 Å². The van der Waals surface area contributed by atoms with E-state index in [2.05, 4.69) is 15.6 Å². The molecule has 1 amide bonds. The van der Waals surface area contributed by atoms with Crippen molar-refractivity contribution < 1.29 is 9.53 Å². The molecule has 5 heteroatoms. The van der Waals surface area contributed by atoms with Gasteiger partial charge in [0.2, 0.25) is 0 Å². The average Bonchev–Trinajstić information content (AvgIpc) is 3.13. The molecule has 0 unspecified atom stereocenters. The highest BCUT2D eigenvalue weighted by Gasteiger charge is 2.15. The molecule has 0 spiro atoms. The number of ether oxygens (including phenoxy) is 1. The van der Waals surface area contributed by atoms with Crippen molar-refractivity contribution in [2.45, 2.75) is 25.9 Å². The van der Waals surface area contributed by atoms with Crippen LogP contribution in [0.2, 0.25) is 0 Å². The van der Waals surface area contributed by atoms with Gasteiger partial charge in [-0.15, -0.1) is 0 Å². The van der Waals surface area contributed by atoms with Crippen molar-refractivity contribution in [3.05, 3.63) is 47.7 Å². The molecule has 1 aromatic carbocycles. The van der Waals surface area contributed by atoms with E-state index in [1.165, 1.54) is 0 Å². The summed E-state index contributed by atoms with van der Waals surface area (Å²) >= 11 is 0. The van der Waals surface area contributed by atoms with Crippen molar-refractivity contribution in [2.75, 3.05) is 25.5 Å². The maximum absolute atomic E-state index is 11.8. The van der Waals surface area contributed by atoms with Gasteiger partial charge in [0.05, 0.1) is 6.10 Å². The largest absolute Gasteiger partial charge is 0.376 e. The Kier molecular flexibility index (Phi) is 5.11. The minimum atomic E-state index is -0.0640. The zero-order valence-electron chi connectivity index (χ0n) is 14.1. The first-order valence-corrected chi connectivity index (χ1v) is 8.32. The Morgan fingerprint density at radius 2 is 2.12 bits per heavy atom. The minimum absolute atomic E-state index is 0.0640. The van der Waals surface area contributed by atoms with Crippen molar-refractivity contribution in [1.82, 2.24) is 10.3 Å². The number of nitrogens with one attached hydrogen (secondary N) is 2. The number of aromatic nitrogens is 1. The lowest BCUT2D eigenvalue weighted by atomic mass is 10.0. The Hall–Kier alpha value is -2.40. The number of benzene rings is 1. The highest BCUT2D eigenvalue weighted by Crippen LogP contribution is 2.23. The number of aryl methyl sites for hydroxylation is 1. The summed E-state index contributed by atoms with van der Waals surface area (Å²) in [6.45, 7) is 3.61. The summed E-state index contributed by atoms with van der Waals surface area (Å²) in [4.78, 5) is 16.2. The molecule has 1 fully saturated rings. The number of rotatable bonds is 5. The number of hydrogen-bond acceptors (Lipinski definition) is 4. The van der Waals surface area contributed by atoms with Gasteiger partial charge in [-0.3, -0.25) is 4.79 Å². The lowest BCUT2D eigenvalue weighted by molar-refractivity contribution is 0.0962. The summed E-state index contributed by atoms with van der Waals surface area (Å²) in [6, 6.07) is 9.84. The second-order valence-corrected chi connectivity index (χ2v) is 6.06. The molecule has 0 saturated carbocycles. The molecule has 5 nitrogen and oxygen atoms in total. The Morgan fingerprint density at radius 1 is 1.29 bits per heavy atom. The molecule has 2 N–H and O–H groups in total. The second kappa shape index (κ2) is 7.45. The number of carbonyl (C=O) groups is 1. The maximum Gasteiger partial charge on any atom is 0.251 e. The summed E-state index contributed by atoms with van der Waals surface area (Å²) in [5.74, 6) is 0.791. The van der Waals surface area contributed by atoms with Crippen LogP contribution in [0.3, 0.4) is 0 Å². The smallest absolute Gasteiger partial charge is 0.251 e. The van der Waals surface area contributed by atoms with Gasteiger partial charge in [0.25, 0.3) is 5.91 Å². The van der Waals surface area contributed by atoms with E-state index in [4.69, 9.17) is 4.74 Å². The Bertz CT molecular complexity index is 707. The first kappa shape index (κ1) is 16.5. The van der Waals surface area contributed by atoms with Gasteiger partial charge in [-0.05, 0) is 49.1 Å². The topological polar surface area (TPSA) is 63.2 Å². The summed E-state index contributed by atoms with van der Waals surface area (Å²) in [5, 5.41) is 5.98. The third kappa shape index (κ3) is 3.74. The lowest BCUT2D eigenvalue weighted by Gasteiger charge is -2.12. The van der Waals surface area contributed by atoms with Crippen LogP contribution in [-0.4, -0.2) is 37.2 Å². The van der Waals surface area contributed by atoms with Crippen LogP contribution < -0.4 is 10.6 Å². The first-order chi connectivity index (χ1) is 11.7. The zero-order valence-corrected chi connectivity index (χ0v) is 14.1. The molecule has 1 aliphatic rings. The van der Waals surface area contributed by atoms with Gasteiger partial charge in [0.1, 0.15) is 5.82 Å². The maximum atomic E-state index is 11.8. The Morgan fingerprint density at radius 3 is 2.75 bits per heavy atom. The number of hydrogen-bond donors (Lipinski definition) is 2. The van der Waals surface area contributed by atoms with Gasteiger partial charge in [0.15, 0.2) is 0 Å². The van der Waals surface area contributed by atoms with Crippen LogP contribution >= 0.6 is 0 Å². The lowest BCUT2D eigenvalue weighted by Crippen LogP contribution is -2.19. The van der Waals surface area contributed by atoms with E-state index >= 15 is 0 Å². The van der Waals surface area contributed by atoms with Crippen LogP contribution in [-0.2, 0) is 4.74 Å². The molecule has 0 aliphatic carbocycles. The third-order valence-electron chi connectivity index (χ3n) is 4.33. The molecular formula is C19H23N3O2. The number of pyridine rings is 1. The quantitative estimate of drug-likeness (QED) is 0.887. The highest BCUT2D eigenvalue weighted by molar-refractivity contribution is 5.96. The molecule has 1 aromatic heterocycles. The van der Waals surface area contributed by atoms with Gasteiger partial charge in [-0.25, -0.2) is 4.98 Å². The van der Waals surface area contributed by atoms with E-state index < -0.39 is 0 Å². The summed E-state index contributed by atoms with van der Waals surface area (Å²) in [5.41, 5.74) is 3.74. The van der Waals surface area contributed by atoms with Crippen LogP contribution in [0.25, 0.3) is 11.1 Å². The fourth-order valence-electron chi connectivity index (χ4n) is 2.93. The Balaban J connectivity index is 1.68. The van der Waals surface area contributed by atoms with Crippen LogP contribution in [0.15, 0.2) is 36.5 Å². The van der Waals surface area contributed by atoms with Crippen molar-refractivity contribution in [2.24, 2.45) is 0 Å². The number of carbonyl (C=O) groups excluding carboxylic acids is 1. The Labute approximate surface area is 142 Å². The summed E-state index contributed by atoms with van der Waals surface area (Å²) < 4.78 is 5.60. The van der Waals surface area contributed by atoms with Crippen molar-refractivity contribution in [3.63, 3.8) is 0 Å².